The molecule has 4 rings (SSSR count). The van der Waals surface area contributed by atoms with Gasteiger partial charge in [-0.2, -0.15) is 13.2 Å². The molecule has 0 amide bonds. The van der Waals surface area contributed by atoms with Crippen LogP contribution < -0.4 is 0 Å². The molecule has 7 heteroatoms. The normalized spacial score (nSPS) is 18.3. The van der Waals surface area contributed by atoms with Gasteiger partial charge in [-0.15, -0.1) is 0 Å². The van der Waals surface area contributed by atoms with E-state index in [1.54, 1.807) is 6.92 Å². The monoisotopic (exact) mass is 562 g/mol. The van der Waals surface area contributed by atoms with Crippen LogP contribution in [0.5, 0.6) is 0 Å². The van der Waals surface area contributed by atoms with Crippen molar-refractivity contribution >= 4 is 39.8 Å². The Morgan fingerprint density at radius 2 is 1.82 bits per heavy atom. The highest BCUT2D eigenvalue weighted by atomic mass is 35.5. The summed E-state index contributed by atoms with van der Waals surface area (Å²) in [4.78, 5) is 2.29. The molecule has 3 aromatic rings. The summed E-state index contributed by atoms with van der Waals surface area (Å²) in [5.74, 6) is 0.977. The van der Waals surface area contributed by atoms with E-state index in [2.05, 4.69) is 31.9 Å². The van der Waals surface area contributed by atoms with E-state index in [9.17, 15) is 13.2 Å². The van der Waals surface area contributed by atoms with Gasteiger partial charge >= 0.3 is 6.18 Å². The summed E-state index contributed by atoms with van der Waals surface area (Å²) in [5.41, 5.74) is 5.17. The molecule has 0 N–H and O–H groups in total. The number of likely N-dealkylation sites (tertiary alicyclic amines) is 1. The second kappa shape index (κ2) is 11.0. The standard InChI is InChI=1S/C31H35Cl2F3N2/c1-7-8-18(2)24-11-12-37(15-20(24)4)22(6)25-9-10-28(32)27(29(25)33)17-38-16-21(5)26-14-23(31(34,35)36)13-19(3)30(26)38/h9-10,13-14,16,20,24H,2,6-8,11-12,15,17H2,1,3-5H3/t20-,24-/m0/s1. The van der Waals surface area contributed by atoms with Crippen molar-refractivity contribution in [2.24, 2.45) is 11.8 Å². The van der Waals surface area contributed by atoms with Crippen LogP contribution in [0.25, 0.3) is 16.6 Å². The Morgan fingerprint density at radius 1 is 1.11 bits per heavy atom. The van der Waals surface area contributed by atoms with E-state index in [0.29, 0.717) is 39.4 Å². The van der Waals surface area contributed by atoms with Crippen LogP contribution in [-0.2, 0) is 12.7 Å². The first-order valence-corrected chi connectivity index (χ1v) is 13.8. The molecule has 0 radical (unpaired) electrons. The molecule has 1 fully saturated rings. The SMILES string of the molecule is C=C(CCC)[C@@H]1CCN(C(=C)c2ccc(Cl)c(Cn3cc(C)c4cc(C(F)(F)F)cc(C)c43)c2Cl)C[C@@H]1C. The van der Waals surface area contributed by atoms with Gasteiger partial charge in [0.15, 0.2) is 0 Å². The van der Waals surface area contributed by atoms with Crippen LogP contribution in [0.15, 0.2) is 49.2 Å². The maximum absolute atomic E-state index is 13.4. The quantitative estimate of drug-likeness (QED) is 0.260. The van der Waals surface area contributed by atoms with Gasteiger partial charge in [0.1, 0.15) is 0 Å². The molecule has 0 unspecified atom stereocenters. The van der Waals surface area contributed by atoms with Gasteiger partial charge in [-0.3, -0.25) is 0 Å². The summed E-state index contributed by atoms with van der Waals surface area (Å²) < 4.78 is 42.2. The first-order valence-electron chi connectivity index (χ1n) is 13.1. The number of rotatable bonds is 7. The van der Waals surface area contributed by atoms with E-state index < -0.39 is 11.7 Å². The molecule has 2 nitrogen and oxygen atoms in total. The van der Waals surface area contributed by atoms with Crippen LogP contribution in [0.1, 0.15) is 60.9 Å². The lowest BCUT2D eigenvalue weighted by Crippen LogP contribution is -2.38. The van der Waals surface area contributed by atoms with Gasteiger partial charge in [-0.25, -0.2) is 0 Å². The zero-order valence-electron chi connectivity index (χ0n) is 22.5. The van der Waals surface area contributed by atoms with Crippen LogP contribution in [0.4, 0.5) is 13.2 Å². The Labute approximate surface area is 233 Å². The van der Waals surface area contributed by atoms with E-state index >= 15 is 0 Å². The maximum atomic E-state index is 13.4. The molecule has 204 valence electrons. The molecule has 38 heavy (non-hydrogen) atoms. The Balaban J connectivity index is 1.63. The van der Waals surface area contributed by atoms with Gasteiger partial charge < -0.3 is 9.47 Å². The third kappa shape index (κ3) is 5.51. The Bertz CT molecular complexity index is 1390. The highest BCUT2D eigenvalue weighted by Gasteiger charge is 2.32. The number of allylic oxidation sites excluding steroid dienone is 1. The number of nitrogens with zero attached hydrogens (tertiary/aromatic N) is 2. The number of halogens is 5. The third-order valence-electron chi connectivity index (χ3n) is 7.90. The minimum atomic E-state index is -4.40. The number of hydrogen-bond acceptors (Lipinski definition) is 1. The number of aromatic nitrogens is 1. The van der Waals surface area contributed by atoms with Gasteiger partial charge in [-0.05, 0) is 73.9 Å². The molecule has 2 heterocycles. The summed E-state index contributed by atoms with van der Waals surface area (Å²) in [6.45, 7) is 18.8. The van der Waals surface area contributed by atoms with Crippen LogP contribution in [0.2, 0.25) is 10.0 Å². The smallest absolute Gasteiger partial charge is 0.371 e. The fourth-order valence-electron chi connectivity index (χ4n) is 5.93. The van der Waals surface area contributed by atoms with Crippen molar-refractivity contribution in [3.8, 4) is 0 Å². The number of fused-ring (bicyclic) bond motifs is 1. The van der Waals surface area contributed by atoms with Gasteiger partial charge in [0.25, 0.3) is 0 Å². The molecule has 0 saturated carbocycles. The minimum Gasteiger partial charge on any atom is -0.371 e. The zero-order chi connectivity index (χ0) is 27.9. The molecular formula is C31H35Cl2F3N2. The van der Waals surface area contributed by atoms with Gasteiger partial charge in [-0.1, -0.05) is 62.2 Å². The van der Waals surface area contributed by atoms with E-state index in [0.717, 1.165) is 60.3 Å². The summed E-state index contributed by atoms with van der Waals surface area (Å²) >= 11 is 13.6. The number of aryl methyl sites for hydroxylation is 2. The Kier molecular flexibility index (Phi) is 8.30. The molecule has 1 aromatic heterocycles. The molecule has 0 aliphatic carbocycles. The van der Waals surface area contributed by atoms with E-state index in [-0.39, 0.29) is 0 Å². The van der Waals surface area contributed by atoms with Gasteiger partial charge in [0.05, 0.1) is 22.6 Å². The van der Waals surface area contributed by atoms with Crippen LogP contribution in [-0.4, -0.2) is 22.6 Å². The number of hydrogen-bond donors (Lipinski definition) is 0. The summed E-state index contributed by atoms with van der Waals surface area (Å²) in [7, 11) is 0. The second-order valence-electron chi connectivity index (χ2n) is 10.7. The molecule has 2 atom stereocenters. The van der Waals surface area contributed by atoms with Crippen molar-refractivity contribution in [1.82, 2.24) is 9.47 Å². The molecule has 1 aliphatic heterocycles. The number of piperidine rings is 1. The van der Waals surface area contributed by atoms with Crippen LogP contribution in [0.3, 0.4) is 0 Å². The summed E-state index contributed by atoms with van der Waals surface area (Å²) in [5, 5.41) is 1.61. The highest BCUT2D eigenvalue weighted by molar-refractivity contribution is 6.37. The average molecular weight is 564 g/mol. The van der Waals surface area contributed by atoms with Crippen molar-refractivity contribution in [2.75, 3.05) is 13.1 Å². The van der Waals surface area contributed by atoms with Crippen molar-refractivity contribution in [1.29, 1.82) is 0 Å². The van der Waals surface area contributed by atoms with E-state index in [1.165, 1.54) is 17.7 Å². The van der Waals surface area contributed by atoms with Gasteiger partial charge in [0, 0.05) is 46.5 Å². The van der Waals surface area contributed by atoms with Crippen molar-refractivity contribution in [2.45, 2.75) is 59.7 Å². The largest absolute Gasteiger partial charge is 0.416 e. The highest BCUT2D eigenvalue weighted by Crippen LogP contribution is 2.39. The van der Waals surface area contributed by atoms with E-state index in [4.69, 9.17) is 23.2 Å². The number of benzene rings is 2. The van der Waals surface area contributed by atoms with E-state index in [1.807, 2.05) is 29.8 Å². The summed E-state index contributed by atoms with van der Waals surface area (Å²) in [6.07, 6.45) is 0.671. The Morgan fingerprint density at radius 3 is 2.45 bits per heavy atom. The lowest BCUT2D eigenvalue weighted by Gasteiger charge is -2.40. The zero-order valence-corrected chi connectivity index (χ0v) is 24.0. The van der Waals surface area contributed by atoms with Crippen molar-refractivity contribution < 1.29 is 13.2 Å². The minimum absolute atomic E-state index is 0.338. The van der Waals surface area contributed by atoms with Gasteiger partial charge in [0.2, 0.25) is 0 Å². The Hall–Kier alpha value is -2.37. The summed E-state index contributed by atoms with van der Waals surface area (Å²) in [6, 6.07) is 6.15. The lowest BCUT2D eigenvalue weighted by molar-refractivity contribution is -0.137. The third-order valence-corrected chi connectivity index (χ3v) is 8.68. The van der Waals surface area contributed by atoms with Crippen LogP contribution in [0, 0.1) is 25.7 Å². The molecule has 2 aromatic carbocycles. The molecular weight excluding hydrogens is 528 g/mol. The van der Waals surface area contributed by atoms with Crippen LogP contribution >= 0.6 is 23.2 Å². The lowest BCUT2D eigenvalue weighted by atomic mass is 9.80. The first kappa shape index (κ1) is 28.6. The predicted octanol–water partition coefficient (Wildman–Crippen LogP) is 9.92. The first-order chi connectivity index (χ1) is 17.8. The fraction of sp³-hybridized carbons (Fsp3) is 0.419. The molecule has 1 saturated heterocycles. The number of alkyl halides is 3. The van der Waals surface area contributed by atoms with Crippen molar-refractivity contribution in [3.05, 3.63) is 87.1 Å². The maximum Gasteiger partial charge on any atom is 0.416 e. The topological polar surface area (TPSA) is 8.17 Å². The average Bonchev–Trinajstić information content (AvgIpc) is 3.16. The second-order valence-corrected chi connectivity index (χ2v) is 11.5. The molecule has 0 bridgehead atoms. The van der Waals surface area contributed by atoms with Crippen molar-refractivity contribution in [3.63, 3.8) is 0 Å². The predicted molar refractivity (Wildman–Crippen MR) is 154 cm³/mol. The fourth-order valence-corrected chi connectivity index (χ4v) is 6.53. The molecule has 0 spiro atoms. The molecule has 1 aliphatic rings.